The van der Waals surface area contributed by atoms with Crippen LogP contribution in [0.3, 0.4) is 0 Å². The van der Waals surface area contributed by atoms with Crippen LogP contribution in [0.25, 0.3) is 0 Å². The Kier molecular flexibility index (Phi) is 1.73. The Balaban J connectivity index is 2.30. The van der Waals surface area contributed by atoms with E-state index in [0.29, 0.717) is 5.82 Å². The lowest BCUT2D eigenvalue weighted by Gasteiger charge is -2.24. The first-order valence-electron chi connectivity index (χ1n) is 4.10. The minimum Gasteiger partial charge on any atom is -0.388 e. The Morgan fingerprint density at radius 1 is 1.67 bits per heavy atom. The first kappa shape index (κ1) is 7.54. The minimum atomic E-state index is -0.205. The van der Waals surface area contributed by atoms with Crippen LogP contribution in [0.1, 0.15) is 31.1 Å². The van der Waals surface area contributed by atoms with Gasteiger partial charge in [0.25, 0.3) is 0 Å². The van der Waals surface area contributed by atoms with Crippen LogP contribution in [-0.4, -0.2) is 19.9 Å². The van der Waals surface area contributed by atoms with Gasteiger partial charge in [0.2, 0.25) is 0 Å². The highest BCUT2D eigenvalue weighted by molar-refractivity contribution is 4.84. The molecule has 5 nitrogen and oxygen atoms in total. The predicted molar refractivity (Wildman–Crippen MR) is 41.7 cm³/mol. The molecule has 0 unspecified atom stereocenters. The molecule has 1 aromatic rings. The zero-order valence-electron chi connectivity index (χ0n) is 6.66. The van der Waals surface area contributed by atoms with Gasteiger partial charge in [-0.3, -0.25) is 4.98 Å². The molecule has 1 aromatic heterocycles. The smallest absolute Gasteiger partial charge is 0.343 e. The number of aromatic amines is 1. The first-order valence-corrected chi connectivity index (χ1v) is 4.10. The molecule has 12 heavy (non-hydrogen) atoms. The molecule has 1 aliphatic rings. The molecule has 1 heterocycles. The van der Waals surface area contributed by atoms with Crippen molar-refractivity contribution in [1.82, 2.24) is 14.8 Å². The molecule has 0 atom stereocenters. The highest BCUT2D eigenvalue weighted by Crippen LogP contribution is 2.29. The van der Waals surface area contributed by atoms with E-state index >= 15 is 0 Å². The van der Waals surface area contributed by atoms with E-state index in [9.17, 15) is 4.79 Å². The summed E-state index contributed by atoms with van der Waals surface area (Å²) in [7, 11) is 0. The Hall–Kier alpha value is -1.10. The van der Waals surface area contributed by atoms with Crippen molar-refractivity contribution in [2.75, 3.05) is 0 Å². The maximum atomic E-state index is 11.2. The van der Waals surface area contributed by atoms with Crippen molar-refractivity contribution in [3.05, 3.63) is 16.3 Å². The molecule has 5 heteroatoms. The van der Waals surface area contributed by atoms with E-state index in [4.69, 9.17) is 5.11 Å². The Bertz CT molecular complexity index is 324. The predicted octanol–water partition coefficient (Wildman–Crippen LogP) is -0.211. The van der Waals surface area contributed by atoms with E-state index in [1.165, 1.54) is 11.1 Å². The lowest BCUT2D eigenvalue weighted by atomic mass is 9.93. The van der Waals surface area contributed by atoms with Gasteiger partial charge < -0.3 is 5.11 Å². The van der Waals surface area contributed by atoms with E-state index in [1.54, 1.807) is 0 Å². The minimum absolute atomic E-state index is 0.199. The molecule has 0 bridgehead atoms. The van der Waals surface area contributed by atoms with E-state index in [0.717, 1.165) is 12.8 Å². The van der Waals surface area contributed by atoms with E-state index in [2.05, 4.69) is 10.1 Å². The summed E-state index contributed by atoms with van der Waals surface area (Å²) in [6.07, 6.45) is 3.21. The number of aliphatic hydroxyl groups excluding tert-OH is 1. The average Bonchev–Trinajstić information content (AvgIpc) is 2.29. The fourth-order valence-electron chi connectivity index (χ4n) is 1.33. The summed E-state index contributed by atoms with van der Waals surface area (Å²) < 4.78 is 1.44. The molecular formula is C7H11N3O2. The van der Waals surface area contributed by atoms with Crippen LogP contribution >= 0.6 is 0 Å². The van der Waals surface area contributed by atoms with Gasteiger partial charge in [0.15, 0.2) is 5.82 Å². The maximum Gasteiger partial charge on any atom is 0.343 e. The largest absolute Gasteiger partial charge is 0.388 e. The molecule has 66 valence electrons. The van der Waals surface area contributed by atoms with Crippen LogP contribution < -0.4 is 5.69 Å². The number of rotatable bonds is 2. The van der Waals surface area contributed by atoms with Crippen LogP contribution in [0.15, 0.2) is 4.79 Å². The fourth-order valence-corrected chi connectivity index (χ4v) is 1.33. The molecule has 0 spiro atoms. The summed E-state index contributed by atoms with van der Waals surface area (Å²) in [5, 5.41) is 12.7. The molecule has 0 radical (unpaired) electrons. The number of H-pyrrole nitrogens is 1. The van der Waals surface area contributed by atoms with E-state index in [1.807, 2.05) is 0 Å². The Morgan fingerprint density at radius 3 is 2.83 bits per heavy atom. The van der Waals surface area contributed by atoms with Gasteiger partial charge >= 0.3 is 5.69 Å². The zero-order chi connectivity index (χ0) is 8.55. The number of hydrogen-bond acceptors (Lipinski definition) is 3. The number of aliphatic hydroxyl groups is 1. The summed E-state index contributed by atoms with van der Waals surface area (Å²) in [6, 6.07) is 0.258. The summed E-state index contributed by atoms with van der Waals surface area (Å²) in [5.74, 6) is 0.354. The summed E-state index contributed by atoms with van der Waals surface area (Å²) >= 11 is 0. The van der Waals surface area contributed by atoms with Gasteiger partial charge in [-0.15, -0.1) is 0 Å². The van der Waals surface area contributed by atoms with Crippen molar-refractivity contribution >= 4 is 0 Å². The lowest BCUT2D eigenvalue weighted by Crippen LogP contribution is -2.27. The van der Waals surface area contributed by atoms with Crippen LogP contribution in [0.4, 0.5) is 0 Å². The maximum absolute atomic E-state index is 11.2. The van der Waals surface area contributed by atoms with Crippen LogP contribution in [0.2, 0.25) is 0 Å². The third-order valence-electron chi connectivity index (χ3n) is 2.26. The second kappa shape index (κ2) is 2.75. The van der Waals surface area contributed by atoms with Gasteiger partial charge in [-0.2, -0.15) is 5.10 Å². The number of hydrogen-bond donors (Lipinski definition) is 2. The molecule has 1 fully saturated rings. The molecule has 1 aliphatic carbocycles. The monoisotopic (exact) mass is 169 g/mol. The second-order valence-corrected chi connectivity index (χ2v) is 3.06. The van der Waals surface area contributed by atoms with Gasteiger partial charge in [0, 0.05) is 0 Å². The van der Waals surface area contributed by atoms with Crippen LogP contribution in [-0.2, 0) is 6.61 Å². The van der Waals surface area contributed by atoms with Gasteiger partial charge in [0.05, 0.1) is 6.04 Å². The van der Waals surface area contributed by atoms with Crippen molar-refractivity contribution < 1.29 is 5.11 Å². The van der Waals surface area contributed by atoms with Crippen LogP contribution in [0.5, 0.6) is 0 Å². The molecule has 0 aromatic carbocycles. The van der Waals surface area contributed by atoms with Gasteiger partial charge in [-0.1, -0.05) is 0 Å². The molecule has 2 rings (SSSR count). The highest BCUT2D eigenvalue weighted by atomic mass is 16.3. The van der Waals surface area contributed by atoms with Crippen molar-refractivity contribution in [2.24, 2.45) is 0 Å². The highest BCUT2D eigenvalue weighted by Gasteiger charge is 2.22. The van der Waals surface area contributed by atoms with Crippen molar-refractivity contribution in [3.8, 4) is 0 Å². The second-order valence-electron chi connectivity index (χ2n) is 3.06. The number of nitrogens with one attached hydrogen (secondary N) is 1. The van der Waals surface area contributed by atoms with Crippen molar-refractivity contribution in [1.29, 1.82) is 0 Å². The average molecular weight is 169 g/mol. The van der Waals surface area contributed by atoms with Gasteiger partial charge in [0.1, 0.15) is 6.61 Å². The Labute approximate surface area is 69.0 Å². The van der Waals surface area contributed by atoms with E-state index < -0.39 is 0 Å². The first-order chi connectivity index (χ1) is 5.81. The molecule has 0 aliphatic heterocycles. The fraction of sp³-hybridized carbons (Fsp3) is 0.714. The van der Waals surface area contributed by atoms with Crippen molar-refractivity contribution in [2.45, 2.75) is 31.9 Å². The van der Waals surface area contributed by atoms with Crippen molar-refractivity contribution in [3.63, 3.8) is 0 Å². The zero-order valence-corrected chi connectivity index (χ0v) is 6.66. The molecule has 1 saturated carbocycles. The lowest BCUT2D eigenvalue weighted by molar-refractivity contribution is 0.258. The molecular weight excluding hydrogens is 158 g/mol. The SMILES string of the molecule is O=c1[nH]c(CO)nn1C1CCC1. The molecule has 0 amide bonds. The number of nitrogens with zero attached hydrogens (tertiary/aromatic N) is 2. The normalized spacial score (nSPS) is 17.8. The topological polar surface area (TPSA) is 70.9 Å². The third kappa shape index (κ3) is 1.06. The molecule has 0 saturated heterocycles. The summed E-state index contributed by atoms with van der Waals surface area (Å²) in [4.78, 5) is 13.7. The van der Waals surface area contributed by atoms with Gasteiger partial charge in [-0.25, -0.2) is 9.48 Å². The quantitative estimate of drug-likeness (QED) is 0.643. The number of aromatic nitrogens is 3. The third-order valence-corrected chi connectivity index (χ3v) is 2.26. The summed E-state index contributed by atoms with van der Waals surface area (Å²) in [5.41, 5.74) is -0.205. The summed E-state index contributed by atoms with van der Waals surface area (Å²) in [6.45, 7) is -0.199. The standard InChI is InChI=1S/C7H11N3O2/c11-4-6-8-7(12)10(9-6)5-2-1-3-5/h5,11H,1-4H2,(H,8,9,12). The van der Waals surface area contributed by atoms with E-state index in [-0.39, 0.29) is 18.3 Å². The Morgan fingerprint density at radius 2 is 2.42 bits per heavy atom. The van der Waals surface area contributed by atoms with Gasteiger partial charge in [-0.05, 0) is 19.3 Å². The molecule has 2 N–H and O–H groups in total. The van der Waals surface area contributed by atoms with Crippen LogP contribution in [0, 0.1) is 0 Å².